The highest BCUT2D eigenvalue weighted by atomic mass is 19.4. The number of rotatable bonds is 9. The molecule has 2 aliphatic heterocycles. The highest BCUT2D eigenvalue weighted by molar-refractivity contribution is 5.50. The van der Waals surface area contributed by atoms with E-state index in [1.807, 2.05) is 24.3 Å². The van der Waals surface area contributed by atoms with E-state index in [9.17, 15) is 23.3 Å². The van der Waals surface area contributed by atoms with Crippen molar-refractivity contribution >= 4 is 11.5 Å². The highest BCUT2D eigenvalue weighted by Crippen LogP contribution is 2.30. The van der Waals surface area contributed by atoms with Crippen LogP contribution >= 0.6 is 0 Å². The molecular formula is C29H34F3N5O4. The Bertz CT molecular complexity index is 1320. The number of nitrogens with zero attached hydrogens (tertiary/aromatic N) is 5. The van der Waals surface area contributed by atoms with Crippen LogP contribution in [0.2, 0.25) is 0 Å². The molecule has 0 saturated carbocycles. The Kier molecular flexibility index (Phi) is 8.39. The smallest absolute Gasteiger partial charge is 0.416 e. The van der Waals surface area contributed by atoms with E-state index in [0.29, 0.717) is 31.7 Å². The van der Waals surface area contributed by atoms with Gasteiger partial charge in [0.1, 0.15) is 24.7 Å². The van der Waals surface area contributed by atoms with Crippen LogP contribution in [-0.4, -0.2) is 63.8 Å². The van der Waals surface area contributed by atoms with Crippen molar-refractivity contribution in [2.24, 2.45) is 0 Å². The molecule has 0 spiro atoms. The predicted molar refractivity (Wildman–Crippen MR) is 147 cm³/mol. The zero-order chi connectivity index (χ0) is 29.1. The second-order valence-electron chi connectivity index (χ2n) is 10.8. The monoisotopic (exact) mass is 573 g/mol. The van der Waals surface area contributed by atoms with E-state index < -0.39 is 16.7 Å². The van der Waals surface area contributed by atoms with Crippen LogP contribution < -0.4 is 14.4 Å². The molecule has 0 aliphatic carbocycles. The topological polar surface area (TPSA) is 85.9 Å². The van der Waals surface area contributed by atoms with Gasteiger partial charge in [0.25, 0.3) is 0 Å². The predicted octanol–water partition coefficient (Wildman–Crippen LogP) is 5.57. The number of hydrogen-bond acceptors (Lipinski definition) is 7. The lowest BCUT2D eigenvalue weighted by Crippen LogP contribution is -2.57. The summed E-state index contributed by atoms with van der Waals surface area (Å²) in [6, 6.07) is 14.3. The third-order valence-electron chi connectivity index (χ3n) is 7.78. The number of aromatic nitrogens is 2. The maximum Gasteiger partial charge on any atom is 0.416 e. The van der Waals surface area contributed by atoms with E-state index in [-0.39, 0.29) is 17.9 Å². The van der Waals surface area contributed by atoms with Crippen LogP contribution in [0.4, 0.5) is 24.7 Å². The number of fused-ring (bicyclic) bond motifs is 1. The van der Waals surface area contributed by atoms with Gasteiger partial charge in [0.05, 0.1) is 5.56 Å². The lowest BCUT2D eigenvalue weighted by Gasteiger charge is -2.45. The first-order valence-corrected chi connectivity index (χ1v) is 13.8. The summed E-state index contributed by atoms with van der Waals surface area (Å²) >= 11 is 0. The van der Waals surface area contributed by atoms with Crippen LogP contribution in [0.15, 0.2) is 54.7 Å². The summed E-state index contributed by atoms with van der Waals surface area (Å²) in [6.07, 6.45) is -0.859. The lowest BCUT2D eigenvalue weighted by molar-refractivity contribution is -0.389. The molecular weight excluding hydrogens is 539 g/mol. The third-order valence-corrected chi connectivity index (χ3v) is 7.78. The molecule has 2 aromatic carbocycles. The molecule has 3 aromatic rings. The van der Waals surface area contributed by atoms with Crippen molar-refractivity contribution < 1.29 is 27.6 Å². The minimum absolute atomic E-state index is 0.222. The number of nitro groups is 1. The van der Waals surface area contributed by atoms with Crippen LogP contribution in [0, 0.1) is 10.1 Å². The van der Waals surface area contributed by atoms with Gasteiger partial charge in [-0.2, -0.15) is 13.2 Å². The molecule has 0 amide bonds. The molecule has 41 heavy (non-hydrogen) atoms. The number of halogens is 3. The number of alkyl halides is 3. The van der Waals surface area contributed by atoms with Gasteiger partial charge in [-0.1, -0.05) is 12.1 Å². The molecule has 12 heteroatoms. The molecule has 0 radical (unpaired) electrons. The number of ether oxygens (including phenoxy) is 2. The van der Waals surface area contributed by atoms with Crippen molar-refractivity contribution in [3.8, 4) is 11.8 Å². The maximum absolute atomic E-state index is 12.8. The van der Waals surface area contributed by atoms with Crippen LogP contribution in [0.25, 0.3) is 0 Å². The summed E-state index contributed by atoms with van der Waals surface area (Å²) in [6.45, 7) is 7.96. The van der Waals surface area contributed by atoms with Gasteiger partial charge in [0.2, 0.25) is 0 Å². The van der Waals surface area contributed by atoms with Gasteiger partial charge >= 0.3 is 18.0 Å². The number of imidazole rings is 1. The first-order chi connectivity index (χ1) is 19.6. The summed E-state index contributed by atoms with van der Waals surface area (Å²) in [5.74, 6) is 0.500. The van der Waals surface area contributed by atoms with Crippen molar-refractivity contribution in [1.29, 1.82) is 0 Å². The first-order valence-electron chi connectivity index (χ1n) is 13.8. The SMILES string of the molecule is C[C@@H]1CN(c2ccc(OC[C@@H]3CCn4cc([N+](=O)[O-])nc4O3)cc2)C[C@H](C)N1CCCc1ccc(C(F)(F)F)cc1. The minimum atomic E-state index is -4.30. The fourth-order valence-corrected chi connectivity index (χ4v) is 5.61. The van der Waals surface area contributed by atoms with Crippen molar-refractivity contribution in [2.75, 3.05) is 31.1 Å². The molecule has 0 N–H and O–H groups in total. The van der Waals surface area contributed by atoms with E-state index in [0.717, 1.165) is 61.6 Å². The second-order valence-corrected chi connectivity index (χ2v) is 10.8. The molecule has 2 aliphatic rings. The molecule has 0 bridgehead atoms. The number of hydrogen-bond donors (Lipinski definition) is 0. The van der Waals surface area contributed by atoms with Gasteiger partial charge in [-0.3, -0.25) is 9.47 Å². The number of piperazine rings is 1. The average Bonchev–Trinajstić information content (AvgIpc) is 3.37. The Balaban J connectivity index is 1.07. The quantitative estimate of drug-likeness (QED) is 0.244. The van der Waals surface area contributed by atoms with E-state index >= 15 is 0 Å². The van der Waals surface area contributed by atoms with Crippen LogP contribution in [-0.2, 0) is 19.1 Å². The first kappa shape index (κ1) is 28.7. The molecule has 1 aromatic heterocycles. The van der Waals surface area contributed by atoms with Gasteiger partial charge in [0, 0.05) is 48.8 Å². The third kappa shape index (κ3) is 6.92. The molecule has 3 atom stereocenters. The maximum atomic E-state index is 12.8. The van der Waals surface area contributed by atoms with Gasteiger partial charge in [0.15, 0.2) is 0 Å². The fraction of sp³-hybridized carbons (Fsp3) is 0.483. The van der Waals surface area contributed by atoms with E-state index in [1.165, 1.54) is 6.20 Å². The van der Waals surface area contributed by atoms with Crippen molar-refractivity contribution in [1.82, 2.24) is 14.5 Å². The zero-order valence-corrected chi connectivity index (χ0v) is 23.1. The average molecular weight is 574 g/mol. The Morgan fingerprint density at radius 3 is 2.39 bits per heavy atom. The summed E-state index contributed by atoms with van der Waals surface area (Å²) in [7, 11) is 0. The molecule has 3 heterocycles. The summed E-state index contributed by atoms with van der Waals surface area (Å²) < 4.78 is 51.8. The summed E-state index contributed by atoms with van der Waals surface area (Å²) in [5.41, 5.74) is 1.43. The Labute approximate surface area is 236 Å². The highest BCUT2D eigenvalue weighted by Gasteiger charge is 2.31. The fourth-order valence-electron chi connectivity index (χ4n) is 5.61. The minimum Gasteiger partial charge on any atom is -0.490 e. The molecule has 220 valence electrons. The Hall–Kier alpha value is -3.80. The summed E-state index contributed by atoms with van der Waals surface area (Å²) in [5, 5.41) is 10.9. The van der Waals surface area contributed by atoms with E-state index in [4.69, 9.17) is 9.47 Å². The van der Waals surface area contributed by atoms with Gasteiger partial charge < -0.3 is 24.5 Å². The van der Waals surface area contributed by atoms with Crippen molar-refractivity contribution in [2.45, 2.75) is 64.0 Å². The lowest BCUT2D eigenvalue weighted by atomic mass is 10.0. The Morgan fingerprint density at radius 2 is 1.76 bits per heavy atom. The number of benzene rings is 2. The van der Waals surface area contributed by atoms with Crippen molar-refractivity contribution in [3.05, 3.63) is 76.0 Å². The molecule has 1 fully saturated rings. The second kappa shape index (κ2) is 12.0. The van der Waals surface area contributed by atoms with Gasteiger partial charge in [-0.25, -0.2) is 0 Å². The van der Waals surface area contributed by atoms with Crippen LogP contribution in [0.3, 0.4) is 0 Å². The zero-order valence-electron chi connectivity index (χ0n) is 23.1. The molecule has 0 unspecified atom stereocenters. The summed E-state index contributed by atoms with van der Waals surface area (Å²) in [4.78, 5) is 19.2. The van der Waals surface area contributed by atoms with E-state index in [2.05, 4.69) is 28.6 Å². The van der Waals surface area contributed by atoms with Gasteiger partial charge in [-0.15, -0.1) is 0 Å². The van der Waals surface area contributed by atoms with E-state index in [1.54, 1.807) is 16.7 Å². The van der Waals surface area contributed by atoms with Crippen LogP contribution in [0.1, 0.15) is 37.8 Å². The van der Waals surface area contributed by atoms with Crippen molar-refractivity contribution in [3.63, 3.8) is 0 Å². The molecule has 1 saturated heterocycles. The van der Waals surface area contributed by atoms with Crippen LogP contribution in [0.5, 0.6) is 11.8 Å². The Morgan fingerprint density at radius 1 is 1.07 bits per heavy atom. The van der Waals surface area contributed by atoms with Gasteiger partial charge in [-0.05, 0) is 80.1 Å². The normalized spacial score (nSPS) is 21.3. The largest absolute Gasteiger partial charge is 0.490 e. The molecule has 9 nitrogen and oxygen atoms in total. The number of anilines is 1. The standard InChI is InChI=1S/C29H34F3N5O4/c1-20-16-35(17-21(2)36(20)14-3-4-22-5-7-23(8-6-22)29(30,31)32)24-9-11-25(12-10-24)40-19-26-13-15-34-18-27(37(38)39)33-28(34)41-26/h5-12,18,20-21,26H,3-4,13-17,19H2,1-2H3/t20-,21+,26-/m0/s1. The molecule has 5 rings (SSSR count). The number of aryl methyl sites for hydroxylation is 2.